The Labute approximate surface area is 147 Å². The van der Waals surface area contributed by atoms with Crippen LogP contribution < -0.4 is 4.90 Å². The van der Waals surface area contributed by atoms with Gasteiger partial charge in [-0.15, -0.1) is 0 Å². The third kappa shape index (κ3) is 2.55. The molecule has 8 heteroatoms. The molecular weight excluding hydrogens is 372 g/mol. The van der Waals surface area contributed by atoms with Crippen molar-refractivity contribution in [2.45, 2.75) is 13.0 Å². The Balaban J connectivity index is 1.41. The maximum absolute atomic E-state index is 12.7. The minimum atomic E-state index is -0.0198. The van der Waals surface area contributed by atoms with E-state index in [0.29, 0.717) is 31.7 Å². The second-order valence-electron chi connectivity index (χ2n) is 6.10. The van der Waals surface area contributed by atoms with Crippen LogP contribution in [-0.2, 0) is 17.8 Å². The fraction of sp³-hybridized carbons (Fsp3) is 0.375. The number of anilines is 1. The molecule has 0 aliphatic carbocycles. The Morgan fingerprint density at radius 1 is 1.33 bits per heavy atom. The number of benzene rings is 1. The SMILES string of the molecule is N#Cc1cc(Br)ccc1N1CC(C(=O)N2CCc3n[nH]nc3C2)C1. The van der Waals surface area contributed by atoms with Gasteiger partial charge in [0.2, 0.25) is 5.91 Å². The number of nitrogens with zero attached hydrogens (tertiary/aromatic N) is 5. The van der Waals surface area contributed by atoms with Gasteiger partial charge in [0.25, 0.3) is 0 Å². The lowest BCUT2D eigenvalue weighted by molar-refractivity contribution is -0.137. The van der Waals surface area contributed by atoms with Gasteiger partial charge in [-0.25, -0.2) is 0 Å². The van der Waals surface area contributed by atoms with E-state index in [1.54, 1.807) is 6.07 Å². The van der Waals surface area contributed by atoms with E-state index in [-0.39, 0.29) is 11.8 Å². The van der Waals surface area contributed by atoms with Crippen LogP contribution in [0.5, 0.6) is 0 Å². The van der Waals surface area contributed by atoms with Crippen LogP contribution in [0.25, 0.3) is 0 Å². The number of fused-ring (bicyclic) bond motifs is 1. The lowest BCUT2D eigenvalue weighted by Crippen LogP contribution is -2.55. The van der Waals surface area contributed by atoms with Crippen LogP contribution in [0.15, 0.2) is 22.7 Å². The molecule has 2 aliphatic rings. The molecule has 0 bridgehead atoms. The van der Waals surface area contributed by atoms with Crippen molar-refractivity contribution in [1.29, 1.82) is 5.26 Å². The number of carbonyl (C=O) groups is 1. The predicted octanol–water partition coefficient (Wildman–Crippen LogP) is 1.46. The zero-order chi connectivity index (χ0) is 16.7. The first-order valence-electron chi connectivity index (χ1n) is 7.77. The van der Waals surface area contributed by atoms with Gasteiger partial charge < -0.3 is 9.80 Å². The molecule has 1 N–H and O–H groups in total. The second-order valence-corrected chi connectivity index (χ2v) is 7.02. The number of hydrogen-bond donors (Lipinski definition) is 1. The van der Waals surface area contributed by atoms with Gasteiger partial charge in [0.05, 0.1) is 29.4 Å². The number of aromatic amines is 1. The van der Waals surface area contributed by atoms with E-state index in [4.69, 9.17) is 0 Å². The first-order chi connectivity index (χ1) is 11.7. The minimum absolute atomic E-state index is 0.0198. The molecule has 1 amide bonds. The standard InChI is InChI=1S/C16H15BrN6O/c17-12-1-2-15(10(5-12)6-18)23-7-11(8-23)16(24)22-4-3-13-14(9-22)20-21-19-13/h1-2,5,11H,3-4,7-9H2,(H,19,20,21). The number of nitrogens with one attached hydrogen (secondary N) is 1. The van der Waals surface area contributed by atoms with Gasteiger partial charge in [-0.3, -0.25) is 4.79 Å². The van der Waals surface area contributed by atoms with Crippen LogP contribution in [0.3, 0.4) is 0 Å². The van der Waals surface area contributed by atoms with E-state index in [2.05, 4.69) is 42.3 Å². The molecule has 24 heavy (non-hydrogen) atoms. The topological polar surface area (TPSA) is 88.9 Å². The fourth-order valence-corrected chi connectivity index (χ4v) is 3.61. The summed E-state index contributed by atoms with van der Waals surface area (Å²) < 4.78 is 0.882. The molecule has 1 saturated heterocycles. The average Bonchev–Trinajstić information content (AvgIpc) is 3.02. The van der Waals surface area contributed by atoms with E-state index in [0.717, 1.165) is 28.0 Å². The van der Waals surface area contributed by atoms with Gasteiger partial charge in [0, 0.05) is 30.5 Å². The molecule has 0 atom stereocenters. The maximum Gasteiger partial charge on any atom is 0.229 e. The van der Waals surface area contributed by atoms with Crippen molar-refractivity contribution < 1.29 is 4.79 Å². The molecule has 1 aromatic heterocycles. The number of nitriles is 1. The van der Waals surface area contributed by atoms with Crippen LogP contribution in [-0.4, -0.2) is 45.9 Å². The molecule has 0 radical (unpaired) electrons. The van der Waals surface area contributed by atoms with E-state index in [1.807, 2.05) is 17.0 Å². The zero-order valence-electron chi connectivity index (χ0n) is 12.9. The Kier molecular flexibility index (Phi) is 3.73. The number of amides is 1. The highest BCUT2D eigenvalue weighted by Gasteiger charge is 2.37. The molecule has 4 rings (SSSR count). The zero-order valence-corrected chi connectivity index (χ0v) is 14.5. The molecule has 7 nitrogen and oxygen atoms in total. The summed E-state index contributed by atoms with van der Waals surface area (Å²) in [6.07, 6.45) is 0.749. The molecule has 3 heterocycles. The summed E-state index contributed by atoms with van der Waals surface area (Å²) in [7, 11) is 0. The second kappa shape index (κ2) is 5.91. The summed E-state index contributed by atoms with van der Waals surface area (Å²) in [5.41, 5.74) is 3.34. The van der Waals surface area contributed by atoms with Crippen molar-refractivity contribution in [2.75, 3.05) is 24.5 Å². The molecule has 0 saturated carbocycles. The van der Waals surface area contributed by atoms with Crippen LogP contribution >= 0.6 is 15.9 Å². The molecule has 1 fully saturated rings. The summed E-state index contributed by atoms with van der Waals surface area (Å²) in [5.74, 6) is 0.143. The van der Waals surface area contributed by atoms with Crippen LogP contribution in [0.4, 0.5) is 5.69 Å². The monoisotopic (exact) mass is 386 g/mol. The van der Waals surface area contributed by atoms with Gasteiger partial charge in [0.15, 0.2) is 0 Å². The Bertz CT molecular complexity index is 835. The molecule has 1 aromatic carbocycles. The van der Waals surface area contributed by atoms with Crippen molar-refractivity contribution in [3.63, 3.8) is 0 Å². The van der Waals surface area contributed by atoms with Crippen LogP contribution in [0, 0.1) is 17.2 Å². The highest BCUT2D eigenvalue weighted by molar-refractivity contribution is 9.10. The number of halogens is 1. The van der Waals surface area contributed by atoms with Crippen molar-refractivity contribution in [3.8, 4) is 6.07 Å². The van der Waals surface area contributed by atoms with E-state index in [9.17, 15) is 10.1 Å². The van der Waals surface area contributed by atoms with Crippen LogP contribution in [0.2, 0.25) is 0 Å². The Morgan fingerprint density at radius 2 is 2.12 bits per heavy atom. The quantitative estimate of drug-likeness (QED) is 0.843. The molecule has 2 aliphatic heterocycles. The summed E-state index contributed by atoms with van der Waals surface area (Å²) in [4.78, 5) is 16.6. The molecule has 0 unspecified atom stereocenters. The van der Waals surface area contributed by atoms with Crippen LogP contribution in [0.1, 0.15) is 17.0 Å². The van der Waals surface area contributed by atoms with E-state index in [1.165, 1.54) is 0 Å². The fourth-order valence-electron chi connectivity index (χ4n) is 3.25. The largest absolute Gasteiger partial charge is 0.369 e. The highest BCUT2D eigenvalue weighted by atomic mass is 79.9. The Morgan fingerprint density at radius 3 is 2.92 bits per heavy atom. The third-order valence-electron chi connectivity index (χ3n) is 4.62. The highest BCUT2D eigenvalue weighted by Crippen LogP contribution is 2.31. The smallest absolute Gasteiger partial charge is 0.229 e. The molecule has 0 spiro atoms. The van der Waals surface area contributed by atoms with Gasteiger partial charge in [-0.05, 0) is 18.2 Å². The van der Waals surface area contributed by atoms with Gasteiger partial charge >= 0.3 is 0 Å². The summed E-state index contributed by atoms with van der Waals surface area (Å²) in [6.45, 7) is 2.52. The van der Waals surface area contributed by atoms with Gasteiger partial charge in [-0.1, -0.05) is 15.9 Å². The van der Waals surface area contributed by atoms with Gasteiger partial charge in [0.1, 0.15) is 11.8 Å². The third-order valence-corrected chi connectivity index (χ3v) is 5.12. The first-order valence-corrected chi connectivity index (χ1v) is 8.57. The summed E-state index contributed by atoms with van der Waals surface area (Å²) >= 11 is 3.38. The first kappa shape index (κ1) is 15.1. The number of H-pyrrole nitrogens is 1. The Hall–Kier alpha value is -2.40. The lowest BCUT2D eigenvalue weighted by atomic mass is 9.95. The normalized spacial score (nSPS) is 17.2. The number of carbonyl (C=O) groups excluding carboxylic acids is 1. The van der Waals surface area contributed by atoms with E-state index >= 15 is 0 Å². The lowest BCUT2D eigenvalue weighted by Gasteiger charge is -2.42. The van der Waals surface area contributed by atoms with E-state index < -0.39 is 0 Å². The number of hydrogen-bond acceptors (Lipinski definition) is 5. The number of rotatable bonds is 2. The molecular formula is C16H15BrN6O. The predicted molar refractivity (Wildman–Crippen MR) is 90.1 cm³/mol. The molecule has 2 aromatic rings. The summed E-state index contributed by atoms with van der Waals surface area (Å²) in [6, 6.07) is 7.86. The maximum atomic E-state index is 12.7. The molecule has 122 valence electrons. The van der Waals surface area contributed by atoms with Crippen molar-refractivity contribution in [2.24, 2.45) is 5.92 Å². The average molecular weight is 387 g/mol. The van der Waals surface area contributed by atoms with Gasteiger partial charge in [-0.2, -0.15) is 20.7 Å². The van der Waals surface area contributed by atoms with Crippen molar-refractivity contribution >= 4 is 27.5 Å². The minimum Gasteiger partial charge on any atom is -0.369 e. The summed E-state index contributed by atoms with van der Waals surface area (Å²) in [5, 5.41) is 20.1. The van der Waals surface area contributed by atoms with Crippen molar-refractivity contribution in [3.05, 3.63) is 39.6 Å². The number of aromatic nitrogens is 3. The van der Waals surface area contributed by atoms with Crippen molar-refractivity contribution in [1.82, 2.24) is 20.3 Å².